The van der Waals surface area contributed by atoms with E-state index in [-0.39, 0.29) is 21.7 Å². The summed E-state index contributed by atoms with van der Waals surface area (Å²) in [5, 5.41) is 3.28. The number of sulfonamides is 1. The van der Waals surface area contributed by atoms with Gasteiger partial charge in [0.05, 0.1) is 20.8 Å². The zero-order chi connectivity index (χ0) is 24.6. The Balaban J connectivity index is 1.52. The number of fused-ring (bicyclic) bond motifs is 1. The van der Waals surface area contributed by atoms with Crippen molar-refractivity contribution in [3.8, 4) is 0 Å². The molecule has 7 nitrogen and oxygen atoms in total. The van der Waals surface area contributed by atoms with Crippen molar-refractivity contribution < 1.29 is 13.2 Å². The third-order valence-corrected chi connectivity index (χ3v) is 8.32. The first-order chi connectivity index (χ1) is 16.1. The van der Waals surface area contributed by atoms with Crippen molar-refractivity contribution >= 4 is 60.5 Å². The molecule has 0 saturated carbocycles. The van der Waals surface area contributed by atoms with Gasteiger partial charge in [-0.15, -0.1) is 0 Å². The van der Waals surface area contributed by atoms with E-state index in [1.165, 1.54) is 31.3 Å². The molecular weight excluding hydrogens is 494 g/mol. The van der Waals surface area contributed by atoms with Gasteiger partial charge in [0, 0.05) is 29.4 Å². The van der Waals surface area contributed by atoms with Crippen LogP contribution in [0.15, 0.2) is 76.4 Å². The molecule has 10 heteroatoms. The van der Waals surface area contributed by atoms with Crippen LogP contribution in [0, 0.1) is 0 Å². The number of hydrogen-bond acceptors (Lipinski definition) is 5. The highest BCUT2D eigenvalue weighted by Gasteiger charge is 2.21. The van der Waals surface area contributed by atoms with Crippen molar-refractivity contribution in [3.63, 3.8) is 0 Å². The van der Waals surface area contributed by atoms with Gasteiger partial charge in [0.25, 0.3) is 15.9 Å². The summed E-state index contributed by atoms with van der Waals surface area (Å²) in [6, 6.07) is 17.6. The van der Waals surface area contributed by atoms with E-state index in [1.807, 2.05) is 19.9 Å². The molecule has 0 fully saturated rings. The van der Waals surface area contributed by atoms with Gasteiger partial charge < -0.3 is 5.32 Å². The number of aromatic nitrogens is 1. The standard InChI is InChI=1S/C24H22ClN3O4S2/c1-15(2)28-21-13-8-18(14-22(21)33-24(28)30)26-23(29)16-4-9-19(10-5-16)27(3)34(31,32)20-11-6-17(25)7-12-20/h4-15H,1-3H3,(H,26,29). The van der Waals surface area contributed by atoms with Crippen LogP contribution in [0.3, 0.4) is 0 Å². The summed E-state index contributed by atoms with van der Waals surface area (Å²) in [4.78, 5) is 25.1. The maximum absolute atomic E-state index is 12.9. The Morgan fingerprint density at radius 2 is 1.68 bits per heavy atom. The minimum Gasteiger partial charge on any atom is -0.322 e. The van der Waals surface area contributed by atoms with E-state index in [0.29, 0.717) is 22.0 Å². The van der Waals surface area contributed by atoms with Crippen molar-refractivity contribution in [1.29, 1.82) is 0 Å². The second-order valence-electron chi connectivity index (χ2n) is 7.94. The lowest BCUT2D eigenvalue weighted by Gasteiger charge is -2.20. The van der Waals surface area contributed by atoms with Crippen molar-refractivity contribution in [3.05, 3.63) is 87.0 Å². The number of nitrogens with zero attached hydrogens (tertiary/aromatic N) is 2. The summed E-state index contributed by atoms with van der Waals surface area (Å²) in [5.74, 6) is -0.343. The van der Waals surface area contributed by atoms with Gasteiger partial charge in [-0.2, -0.15) is 0 Å². The van der Waals surface area contributed by atoms with E-state index in [1.54, 1.807) is 41.0 Å². The van der Waals surface area contributed by atoms with Gasteiger partial charge in [-0.05, 0) is 80.6 Å². The lowest BCUT2D eigenvalue weighted by atomic mass is 10.2. The first-order valence-electron chi connectivity index (χ1n) is 10.4. The van der Waals surface area contributed by atoms with Gasteiger partial charge in [0.15, 0.2) is 0 Å². The number of carbonyl (C=O) groups is 1. The molecule has 0 aliphatic heterocycles. The minimum atomic E-state index is -3.77. The van der Waals surface area contributed by atoms with Crippen molar-refractivity contribution in [1.82, 2.24) is 4.57 Å². The fourth-order valence-electron chi connectivity index (χ4n) is 3.53. The molecule has 0 atom stereocenters. The van der Waals surface area contributed by atoms with E-state index in [0.717, 1.165) is 25.9 Å². The van der Waals surface area contributed by atoms with Crippen LogP contribution in [0.5, 0.6) is 0 Å². The molecule has 34 heavy (non-hydrogen) atoms. The average molecular weight is 516 g/mol. The first-order valence-corrected chi connectivity index (χ1v) is 13.0. The van der Waals surface area contributed by atoms with E-state index in [9.17, 15) is 18.0 Å². The highest BCUT2D eigenvalue weighted by atomic mass is 35.5. The van der Waals surface area contributed by atoms with Crippen LogP contribution in [-0.4, -0.2) is 25.9 Å². The maximum atomic E-state index is 12.9. The predicted molar refractivity (Wildman–Crippen MR) is 138 cm³/mol. The topological polar surface area (TPSA) is 88.5 Å². The molecule has 1 aromatic heterocycles. The summed E-state index contributed by atoms with van der Waals surface area (Å²) >= 11 is 6.99. The number of carbonyl (C=O) groups excluding carboxylic acids is 1. The largest absolute Gasteiger partial charge is 0.322 e. The Morgan fingerprint density at radius 1 is 1.03 bits per heavy atom. The van der Waals surface area contributed by atoms with Gasteiger partial charge in [0.1, 0.15) is 0 Å². The first kappa shape index (κ1) is 24.0. The van der Waals surface area contributed by atoms with Gasteiger partial charge in [-0.25, -0.2) is 8.42 Å². The summed E-state index contributed by atoms with van der Waals surface area (Å²) < 4.78 is 29.4. The lowest BCUT2D eigenvalue weighted by Crippen LogP contribution is -2.26. The number of nitrogens with one attached hydrogen (secondary N) is 1. The summed E-state index contributed by atoms with van der Waals surface area (Å²) in [6.07, 6.45) is 0. The third kappa shape index (κ3) is 4.59. The SMILES string of the molecule is CC(C)n1c(=O)sc2cc(NC(=O)c3ccc(N(C)S(=O)(=O)c4ccc(Cl)cc4)cc3)ccc21. The van der Waals surface area contributed by atoms with Gasteiger partial charge >= 0.3 is 4.87 Å². The van der Waals surface area contributed by atoms with Crippen molar-refractivity contribution in [2.24, 2.45) is 0 Å². The van der Waals surface area contributed by atoms with Crippen LogP contribution in [-0.2, 0) is 10.0 Å². The second kappa shape index (κ2) is 9.25. The Kier molecular flexibility index (Phi) is 6.53. The summed E-state index contributed by atoms with van der Waals surface area (Å²) in [6.45, 7) is 3.90. The molecule has 0 spiro atoms. The predicted octanol–water partition coefficient (Wildman–Crippen LogP) is 5.37. The highest BCUT2D eigenvalue weighted by Crippen LogP contribution is 2.26. The number of hydrogen-bond donors (Lipinski definition) is 1. The molecule has 0 saturated heterocycles. The molecule has 176 valence electrons. The number of benzene rings is 3. The molecule has 0 bridgehead atoms. The smallest absolute Gasteiger partial charge is 0.308 e. The molecule has 3 aromatic carbocycles. The molecule has 1 amide bonds. The van der Waals surface area contributed by atoms with Crippen LogP contribution in [0.4, 0.5) is 11.4 Å². The molecule has 0 radical (unpaired) electrons. The molecular formula is C24H22ClN3O4S2. The van der Waals surface area contributed by atoms with Crippen LogP contribution in [0.2, 0.25) is 5.02 Å². The monoisotopic (exact) mass is 515 g/mol. The highest BCUT2D eigenvalue weighted by molar-refractivity contribution is 7.92. The van der Waals surface area contributed by atoms with E-state index in [4.69, 9.17) is 11.6 Å². The second-order valence-corrected chi connectivity index (χ2v) is 11.3. The molecule has 1 N–H and O–H groups in total. The Labute approximate surface area is 206 Å². The average Bonchev–Trinajstić information content (AvgIpc) is 3.14. The van der Waals surface area contributed by atoms with E-state index >= 15 is 0 Å². The Hall–Kier alpha value is -3.14. The number of halogens is 1. The third-order valence-electron chi connectivity index (χ3n) is 5.35. The summed E-state index contributed by atoms with van der Waals surface area (Å²) in [7, 11) is -2.32. The summed E-state index contributed by atoms with van der Waals surface area (Å²) in [5.41, 5.74) is 2.18. The molecule has 1 heterocycles. The minimum absolute atomic E-state index is 0.0401. The number of thiazole rings is 1. The molecule has 0 aliphatic carbocycles. The Morgan fingerprint density at radius 3 is 2.29 bits per heavy atom. The van der Waals surface area contributed by atoms with E-state index in [2.05, 4.69) is 5.32 Å². The molecule has 0 unspecified atom stereocenters. The zero-order valence-electron chi connectivity index (χ0n) is 18.7. The zero-order valence-corrected chi connectivity index (χ0v) is 21.0. The lowest BCUT2D eigenvalue weighted by molar-refractivity contribution is 0.102. The van der Waals surface area contributed by atoms with Crippen LogP contribution in [0.25, 0.3) is 10.2 Å². The number of anilines is 2. The van der Waals surface area contributed by atoms with E-state index < -0.39 is 10.0 Å². The quantitative estimate of drug-likeness (QED) is 0.373. The van der Waals surface area contributed by atoms with Crippen LogP contribution in [0.1, 0.15) is 30.2 Å². The number of rotatable bonds is 6. The van der Waals surface area contributed by atoms with Crippen LogP contribution >= 0.6 is 22.9 Å². The van der Waals surface area contributed by atoms with Crippen LogP contribution < -0.4 is 14.5 Å². The molecule has 0 aliphatic rings. The van der Waals surface area contributed by atoms with Gasteiger partial charge in [-0.1, -0.05) is 22.9 Å². The molecule has 4 aromatic rings. The fourth-order valence-corrected chi connectivity index (χ4v) is 5.91. The van der Waals surface area contributed by atoms with Gasteiger partial charge in [0.2, 0.25) is 0 Å². The maximum Gasteiger partial charge on any atom is 0.308 e. The van der Waals surface area contributed by atoms with Crippen molar-refractivity contribution in [2.45, 2.75) is 24.8 Å². The normalized spacial score (nSPS) is 11.7. The Bertz CT molecular complexity index is 1520. The fraction of sp³-hybridized carbons (Fsp3) is 0.167. The molecule has 4 rings (SSSR count). The van der Waals surface area contributed by atoms with Crippen molar-refractivity contribution in [2.75, 3.05) is 16.7 Å². The number of amides is 1. The van der Waals surface area contributed by atoms with Gasteiger partial charge in [-0.3, -0.25) is 18.5 Å².